The van der Waals surface area contributed by atoms with Crippen molar-refractivity contribution >= 4 is 28.6 Å². The molecule has 1 amide bonds. The van der Waals surface area contributed by atoms with Crippen LogP contribution in [0.25, 0.3) is 10.9 Å². The molecule has 0 aliphatic carbocycles. The number of para-hydroxylation sites is 1. The predicted octanol–water partition coefficient (Wildman–Crippen LogP) is 4.07. The fourth-order valence-corrected chi connectivity index (χ4v) is 3.02. The maximum absolute atomic E-state index is 12.2. The zero-order valence-electron chi connectivity index (χ0n) is 13.0. The molecule has 0 bridgehead atoms. The lowest BCUT2D eigenvalue weighted by Crippen LogP contribution is -2.26. The summed E-state index contributed by atoms with van der Waals surface area (Å²) in [6.45, 7) is 2.69. The lowest BCUT2D eigenvalue weighted by atomic mass is 10.2. The molecule has 116 valence electrons. The SMILES string of the molecule is Cc1ccc(SCCNC(=O)c2ccc3ccccc3n2)cc1. The van der Waals surface area contributed by atoms with Crippen molar-refractivity contribution in [3.8, 4) is 0 Å². The molecule has 0 saturated heterocycles. The maximum atomic E-state index is 12.2. The molecule has 0 atom stereocenters. The first-order valence-corrected chi connectivity index (χ1v) is 8.54. The summed E-state index contributed by atoms with van der Waals surface area (Å²) in [5.41, 5.74) is 2.56. The minimum atomic E-state index is -0.125. The van der Waals surface area contributed by atoms with Crippen LogP contribution in [0.5, 0.6) is 0 Å². The van der Waals surface area contributed by atoms with Crippen LogP contribution in [0.3, 0.4) is 0 Å². The number of carbonyl (C=O) groups excluding carboxylic acids is 1. The number of hydrogen-bond acceptors (Lipinski definition) is 3. The van der Waals surface area contributed by atoms with Gasteiger partial charge in [0.25, 0.3) is 5.91 Å². The largest absolute Gasteiger partial charge is 0.350 e. The van der Waals surface area contributed by atoms with Crippen LogP contribution < -0.4 is 5.32 Å². The highest BCUT2D eigenvalue weighted by molar-refractivity contribution is 7.99. The lowest BCUT2D eigenvalue weighted by molar-refractivity contribution is 0.0951. The van der Waals surface area contributed by atoms with Crippen LogP contribution in [0.15, 0.2) is 65.6 Å². The first kappa shape index (κ1) is 15.6. The Kier molecular flexibility index (Phi) is 4.93. The van der Waals surface area contributed by atoms with Crippen molar-refractivity contribution in [3.05, 3.63) is 71.9 Å². The van der Waals surface area contributed by atoms with Crippen LogP contribution in [-0.4, -0.2) is 23.2 Å². The normalized spacial score (nSPS) is 10.7. The average Bonchev–Trinajstić information content (AvgIpc) is 2.59. The number of fused-ring (bicyclic) bond motifs is 1. The number of nitrogens with zero attached hydrogens (tertiary/aromatic N) is 1. The van der Waals surface area contributed by atoms with E-state index in [2.05, 4.69) is 41.5 Å². The Bertz CT molecular complexity index is 815. The van der Waals surface area contributed by atoms with Gasteiger partial charge in [-0.15, -0.1) is 11.8 Å². The van der Waals surface area contributed by atoms with Crippen LogP contribution in [0, 0.1) is 6.92 Å². The van der Waals surface area contributed by atoms with E-state index in [9.17, 15) is 4.79 Å². The topological polar surface area (TPSA) is 42.0 Å². The lowest BCUT2D eigenvalue weighted by Gasteiger charge is -2.06. The Hall–Kier alpha value is -2.33. The van der Waals surface area contributed by atoms with Gasteiger partial charge in [0, 0.05) is 22.6 Å². The smallest absolute Gasteiger partial charge is 0.269 e. The van der Waals surface area contributed by atoms with Gasteiger partial charge in [-0.25, -0.2) is 4.98 Å². The van der Waals surface area contributed by atoms with E-state index >= 15 is 0 Å². The third kappa shape index (κ3) is 4.11. The molecule has 0 unspecified atom stereocenters. The van der Waals surface area contributed by atoms with E-state index < -0.39 is 0 Å². The molecule has 3 rings (SSSR count). The highest BCUT2D eigenvalue weighted by atomic mass is 32.2. The molecule has 1 N–H and O–H groups in total. The molecule has 0 saturated carbocycles. The predicted molar refractivity (Wildman–Crippen MR) is 96.0 cm³/mol. The summed E-state index contributed by atoms with van der Waals surface area (Å²) in [6, 6.07) is 19.9. The Morgan fingerprint density at radius 2 is 1.83 bits per heavy atom. The van der Waals surface area contributed by atoms with Crippen molar-refractivity contribution in [1.29, 1.82) is 0 Å². The minimum absolute atomic E-state index is 0.125. The molecule has 4 heteroatoms. The number of hydrogen-bond donors (Lipinski definition) is 1. The second-order valence-corrected chi connectivity index (χ2v) is 6.47. The van der Waals surface area contributed by atoms with Gasteiger partial charge in [-0.2, -0.15) is 0 Å². The maximum Gasteiger partial charge on any atom is 0.269 e. The van der Waals surface area contributed by atoms with Gasteiger partial charge in [-0.05, 0) is 31.2 Å². The molecule has 0 fully saturated rings. The van der Waals surface area contributed by atoms with Crippen LogP contribution in [0.1, 0.15) is 16.1 Å². The summed E-state index contributed by atoms with van der Waals surface area (Å²) in [6.07, 6.45) is 0. The molecule has 0 aliphatic rings. The van der Waals surface area contributed by atoms with Gasteiger partial charge >= 0.3 is 0 Å². The molecule has 0 radical (unpaired) electrons. The van der Waals surface area contributed by atoms with Gasteiger partial charge in [0.15, 0.2) is 0 Å². The summed E-state index contributed by atoms with van der Waals surface area (Å²) < 4.78 is 0. The van der Waals surface area contributed by atoms with Crippen molar-refractivity contribution < 1.29 is 4.79 Å². The van der Waals surface area contributed by atoms with E-state index in [1.165, 1.54) is 10.5 Å². The molecule has 1 heterocycles. The highest BCUT2D eigenvalue weighted by Crippen LogP contribution is 2.17. The Balaban J connectivity index is 1.53. The molecule has 3 aromatic rings. The summed E-state index contributed by atoms with van der Waals surface area (Å²) in [5, 5.41) is 3.96. The van der Waals surface area contributed by atoms with Gasteiger partial charge in [-0.1, -0.05) is 42.0 Å². The second kappa shape index (κ2) is 7.29. The number of benzene rings is 2. The highest BCUT2D eigenvalue weighted by Gasteiger charge is 2.07. The number of aromatic nitrogens is 1. The Morgan fingerprint density at radius 3 is 2.65 bits per heavy atom. The quantitative estimate of drug-likeness (QED) is 0.569. The summed E-state index contributed by atoms with van der Waals surface area (Å²) in [4.78, 5) is 17.8. The summed E-state index contributed by atoms with van der Waals surface area (Å²) in [7, 11) is 0. The number of nitrogens with one attached hydrogen (secondary N) is 1. The van der Waals surface area contributed by atoms with Gasteiger partial charge in [0.2, 0.25) is 0 Å². The van der Waals surface area contributed by atoms with E-state index in [-0.39, 0.29) is 5.91 Å². The van der Waals surface area contributed by atoms with Crippen molar-refractivity contribution in [2.24, 2.45) is 0 Å². The average molecular weight is 322 g/mol. The molecule has 0 aliphatic heterocycles. The first-order chi connectivity index (χ1) is 11.2. The van der Waals surface area contributed by atoms with Gasteiger partial charge in [-0.3, -0.25) is 4.79 Å². The zero-order valence-corrected chi connectivity index (χ0v) is 13.8. The standard InChI is InChI=1S/C19H18N2OS/c1-14-6-9-16(10-7-14)23-13-12-20-19(22)18-11-8-15-4-2-3-5-17(15)21-18/h2-11H,12-13H2,1H3,(H,20,22). The molecule has 0 spiro atoms. The van der Waals surface area contributed by atoms with Crippen LogP contribution in [-0.2, 0) is 0 Å². The minimum Gasteiger partial charge on any atom is -0.350 e. The molecule has 23 heavy (non-hydrogen) atoms. The van der Waals surface area contributed by atoms with Crippen molar-refractivity contribution in [2.75, 3.05) is 12.3 Å². The van der Waals surface area contributed by atoms with E-state index in [4.69, 9.17) is 0 Å². The molecular formula is C19H18N2OS. The van der Waals surface area contributed by atoms with E-state index in [1.54, 1.807) is 17.8 Å². The third-order valence-corrected chi connectivity index (χ3v) is 4.52. The van der Waals surface area contributed by atoms with Crippen LogP contribution in [0.2, 0.25) is 0 Å². The van der Waals surface area contributed by atoms with Crippen molar-refractivity contribution in [1.82, 2.24) is 10.3 Å². The van der Waals surface area contributed by atoms with E-state index in [1.807, 2.05) is 30.3 Å². The Morgan fingerprint density at radius 1 is 1.04 bits per heavy atom. The van der Waals surface area contributed by atoms with E-state index in [0.29, 0.717) is 12.2 Å². The third-order valence-electron chi connectivity index (χ3n) is 3.51. The van der Waals surface area contributed by atoms with Crippen LogP contribution in [0.4, 0.5) is 0 Å². The van der Waals surface area contributed by atoms with Crippen LogP contribution >= 0.6 is 11.8 Å². The number of aryl methyl sites for hydroxylation is 1. The van der Waals surface area contributed by atoms with E-state index in [0.717, 1.165) is 16.7 Å². The molecular weight excluding hydrogens is 304 g/mol. The molecule has 3 nitrogen and oxygen atoms in total. The number of amides is 1. The van der Waals surface area contributed by atoms with Gasteiger partial charge in [0.05, 0.1) is 5.52 Å². The number of carbonyl (C=O) groups is 1. The first-order valence-electron chi connectivity index (χ1n) is 7.56. The zero-order chi connectivity index (χ0) is 16.1. The number of thioether (sulfide) groups is 1. The monoisotopic (exact) mass is 322 g/mol. The van der Waals surface area contributed by atoms with Crippen molar-refractivity contribution in [2.45, 2.75) is 11.8 Å². The van der Waals surface area contributed by atoms with Crippen molar-refractivity contribution in [3.63, 3.8) is 0 Å². The summed E-state index contributed by atoms with van der Waals surface area (Å²) in [5.74, 6) is 0.711. The number of rotatable bonds is 5. The van der Waals surface area contributed by atoms with Gasteiger partial charge in [0.1, 0.15) is 5.69 Å². The fourth-order valence-electron chi connectivity index (χ4n) is 2.25. The number of pyridine rings is 1. The van der Waals surface area contributed by atoms with Gasteiger partial charge < -0.3 is 5.32 Å². The second-order valence-electron chi connectivity index (χ2n) is 5.31. The fraction of sp³-hybridized carbons (Fsp3) is 0.158. The molecule has 1 aromatic heterocycles. The molecule has 2 aromatic carbocycles. The Labute approximate surface area is 140 Å². The summed E-state index contributed by atoms with van der Waals surface area (Å²) >= 11 is 1.73.